The third-order valence-electron chi connectivity index (χ3n) is 4.21. The highest BCUT2D eigenvalue weighted by Crippen LogP contribution is 2.27. The fraction of sp³-hybridized carbons (Fsp3) is 0.400. The molecule has 1 unspecified atom stereocenters. The first-order chi connectivity index (χ1) is 10.9. The molecule has 2 heterocycles. The van der Waals surface area contributed by atoms with Crippen molar-refractivity contribution in [3.63, 3.8) is 0 Å². The van der Waals surface area contributed by atoms with Crippen LogP contribution in [0.4, 0.5) is 4.39 Å². The number of nitrogens with zero attached hydrogens (tertiary/aromatic N) is 3. The molecule has 1 aliphatic heterocycles. The monoisotopic (exact) mass is 338 g/mol. The van der Waals surface area contributed by atoms with E-state index in [1.165, 1.54) is 16.4 Å². The Bertz CT molecular complexity index is 792. The lowest BCUT2D eigenvalue weighted by Crippen LogP contribution is -2.49. The van der Waals surface area contributed by atoms with Gasteiger partial charge in [-0.1, -0.05) is 6.07 Å². The van der Waals surface area contributed by atoms with Crippen LogP contribution in [0.15, 0.2) is 35.5 Å². The molecule has 0 radical (unpaired) electrons. The lowest BCUT2D eigenvalue weighted by Gasteiger charge is -2.37. The number of rotatable bonds is 3. The summed E-state index contributed by atoms with van der Waals surface area (Å²) in [5.41, 5.74) is 0.542. The van der Waals surface area contributed by atoms with Gasteiger partial charge in [-0.2, -0.15) is 4.31 Å². The van der Waals surface area contributed by atoms with Gasteiger partial charge >= 0.3 is 0 Å². The number of H-pyrrole nitrogens is 1. The first-order valence-corrected chi connectivity index (χ1v) is 8.79. The van der Waals surface area contributed by atoms with Gasteiger partial charge in [0.2, 0.25) is 10.0 Å². The average Bonchev–Trinajstić information content (AvgIpc) is 3.04. The van der Waals surface area contributed by atoms with Crippen LogP contribution in [0.3, 0.4) is 0 Å². The summed E-state index contributed by atoms with van der Waals surface area (Å²) in [6.45, 7) is 2.90. The molecule has 1 saturated heterocycles. The second-order valence-electron chi connectivity index (χ2n) is 5.74. The zero-order chi connectivity index (χ0) is 16.6. The number of hydrogen-bond donors (Lipinski definition) is 1. The van der Waals surface area contributed by atoms with E-state index in [1.807, 2.05) is 7.05 Å². The van der Waals surface area contributed by atoms with Crippen molar-refractivity contribution in [1.29, 1.82) is 0 Å². The van der Waals surface area contributed by atoms with Crippen LogP contribution in [-0.2, 0) is 10.0 Å². The SMILES string of the molecule is Cc1ccc(F)cc1S(=O)(=O)N1CCN(C)C(c2ncc[nH]2)C1. The minimum absolute atomic E-state index is 0.0280. The highest BCUT2D eigenvalue weighted by atomic mass is 32.2. The zero-order valence-corrected chi connectivity index (χ0v) is 13.8. The Morgan fingerprint density at radius 3 is 2.83 bits per heavy atom. The molecule has 2 aromatic rings. The quantitative estimate of drug-likeness (QED) is 0.922. The molecule has 1 aromatic heterocycles. The maximum absolute atomic E-state index is 13.5. The van der Waals surface area contributed by atoms with Crippen molar-refractivity contribution in [1.82, 2.24) is 19.2 Å². The molecule has 0 spiro atoms. The van der Waals surface area contributed by atoms with E-state index in [2.05, 4.69) is 14.9 Å². The van der Waals surface area contributed by atoms with E-state index < -0.39 is 15.8 Å². The predicted octanol–water partition coefficient (Wildman–Crippen LogP) is 1.53. The molecule has 23 heavy (non-hydrogen) atoms. The topological polar surface area (TPSA) is 69.3 Å². The minimum atomic E-state index is -3.74. The highest BCUT2D eigenvalue weighted by Gasteiger charge is 2.35. The van der Waals surface area contributed by atoms with E-state index in [0.717, 1.165) is 11.9 Å². The molecule has 3 rings (SSSR count). The van der Waals surface area contributed by atoms with Gasteiger partial charge in [0.1, 0.15) is 11.6 Å². The number of piperazine rings is 1. The van der Waals surface area contributed by atoms with Gasteiger partial charge in [0.15, 0.2) is 0 Å². The zero-order valence-electron chi connectivity index (χ0n) is 13.0. The predicted molar refractivity (Wildman–Crippen MR) is 83.9 cm³/mol. The number of benzene rings is 1. The lowest BCUT2D eigenvalue weighted by molar-refractivity contribution is 0.142. The van der Waals surface area contributed by atoms with Crippen LogP contribution >= 0.6 is 0 Å². The molecule has 124 valence electrons. The second kappa shape index (κ2) is 6.03. The van der Waals surface area contributed by atoms with Crippen molar-refractivity contribution in [2.75, 3.05) is 26.7 Å². The molecule has 0 aliphatic carbocycles. The Morgan fingerprint density at radius 2 is 2.13 bits per heavy atom. The molecule has 1 fully saturated rings. The van der Waals surface area contributed by atoms with Crippen LogP contribution in [0.25, 0.3) is 0 Å². The molecule has 6 nitrogen and oxygen atoms in total. The summed E-state index contributed by atoms with van der Waals surface area (Å²) >= 11 is 0. The van der Waals surface area contributed by atoms with E-state index in [4.69, 9.17) is 0 Å². The maximum Gasteiger partial charge on any atom is 0.243 e. The van der Waals surface area contributed by atoms with E-state index >= 15 is 0 Å². The first kappa shape index (κ1) is 16.1. The van der Waals surface area contributed by atoms with Crippen LogP contribution in [0.1, 0.15) is 17.4 Å². The third kappa shape index (κ3) is 3.01. The summed E-state index contributed by atoms with van der Waals surface area (Å²) in [5, 5.41) is 0. The van der Waals surface area contributed by atoms with E-state index in [-0.39, 0.29) is 17.5 Å². The van der Waals surface area contributed by atoms with Crippen LogP contribution < -0.4 is 0 Å². The number of hydrogen-bond acceptors (Lipinski definition) is 4. The Labute approximate surface area is 135 Å². The molecule has 0 bridgehead atoms. The van der Waals surface area contributed by atoms with Gasteiger partial charge in [0, 0.05) is 32.0 Å². The number of halogens is 1. The van der Waals surface area contributed by atoms with Gasteiger partial charge in [-0.25, -0.2) is 17.8 Å². The number of aromatic amines is 1. The van der Waals surface area contributed by atoms with Gasteiger partial charge in [-0.3, -0.25) is 4.90 Å². The lowest BCUT2D eigenvalue weighted by atomic mass is 10.2. The third-order valence-corrected chi connectivity index (χ3v) is 6.22. The number of nitrogens with one attached hydrogen (secondary N) is 1. The number of aromatic nitrogens is 2. The summed E-state index contributed by atoms with van der Waals surface area (Å²) in [4.78, 5) is 9.35. The molecule has 8 heteroatoms. The largest absolute Gasteiger partial charge is 0.347 e. The van der Waals surface area contributed by atoms with Crippen molar-refractivity contribution in [3.8, 4) is 0 Å². The standard InChI is InChI=1S/C15H19FN4O2S/c1-11-3-4-12(16)9-14(11)23(21,22)20-8-7-19(2)13(10-20)15-17-5-6-18-15/h3-6,9,13H,7-8,10H2,1-2H3,(H,17,18). The Kier molecular flexibility index (Phi) is 4.22. The van der Waals surface area contributed by atoms with Crippen LogP contribution in [0, 0.1) is 12.7 Å². The van der Waals surface area contributed by atoms with Crippen molar-refractivity contribution in [3.05, 3.63) is 47.8 Å². The normalized spacial score (nSPS) is 20.7. The number of imidazole rings is 1. The van der Waals surface area contributed by atoms with E-state index in [0.29, 0.717) is 18.7 Å². The average molecular weight is 338 g/mol. The van der Waals surface area contributed by atoms with E-state index in [9.17, 15) is 12.8 Å². The maximum atomic E-state index is 13.5. The van der Waals surface area contributed by atoms with Crippen LogP contribution in [0.2, 0.25) is 0 Å². The number of likely N-dealkylation sites (N-methyl/N-ethyl adjacent to an activating group) is 1. The van der Waals surface area contributed by atoms with Crippen LogP contribution in [-0.4, -0.2) is 54.3 Å². The molecular weight excluding hydrogens is 319 g/mol. The fourth-order valence-electron chi connectivity index (χ4n) is 2.81. The molecular formula is C15H19FN4O2S. The molecule has 0 saturated carbocycles. The number of aryl methyl sites for hydroxylation is 1. The smallest absolute Gasteiger partial charge is 0.243 e. The van der Waals surface area contributed by atoms with Gasteiger partial charge < -0.3 is 4.98 Å². The highest BCUT2D eigenvalue weighted by molar-refractivity contribution is 7.89. The molecule has 1 aromatic carbocycles. The Balaban J connectivity index is 1.93. The summed E-state index contributed by atoms with van der Waals surface area (Å²) in [7, 11) is -1.80. The van der Waals surface area contributed by atoms with Gasteiger partial charge in [-0.15, -0.1) is 0 Å². The van der Waals surface area contributed by atoms with Gasteiger partial charge in [0.05, 0.1) is 10.9 Å². The van der Waals surface area contributed by atoms with Gasteiger partial charge in [0.25, 0.3) is 0 Å². The van der Waals surface area contributed by atoms with Crippen molar-refractivity contribution < 1.29 is 12.8 Å². The fourth-order valence-corrected chi connectivity index (χ4v) is 4.49. The molecule has 0 amide bonds. The van der Waals surface area contributed by atoms with Crippen molar-refractivity contribution >= 4 is 10.0 Å². The van der Waals surface area contributed by atoms with Crippen molar-refractivity contribution in [2.24, 2.45) is 0 Å². The van der Waals surface area contributed by atoms with Crippen LogP contribution in [0.5, 0.6) is 0 Å². The summed E-state index contributed by atoms with van der Waals surface area (Å²) in [6, 6.07) is 3.69. The van der Waals surface area contributed by atoms with E-state index in [1.54, 1.807) is 19.3 Å². The molecule has 1 N–H and O–H groups in total. The molecule has 1 aliphatic rings. The summed E-state index contributed by atoms with van der Waals surface area (Å²) < 4.78 is 40.7. The summed E-state index contributed by atoms with van der Waals surface area (Å²) in [6.07, 6.45) is 3.36. The Morgan fingerprint density at radius 1 is 1.35 bits per heavy atom. The van der Waals surface area contributed by atoms with Gasteiger partial charge in [-0.05, 0) is 31.7 Å². The summed E-state index contributed by atoms with van der Waals surface area (Å²) in [5.74, 6) is 0.175. The minimum Gasteiger partial charge on any atom is -0.347 e. The van der Waals surface area contributed by atoms with Crippen molar-refractivity contribution in [2.45, 2.75) is 17.9 Å². The molecule has 1 atom stereocenters. The number of sulfonamides is 1. The Hall–Kier alpha value is -1.77. The second-order valence-corrected chi connectivity index (χ2v) is 7.65. The first-order valence-electron chi connectivity index (χ1n) is 7.35.